The Morgan fingerprint density at radius 1 is 1.31 bits per heavy atom. The Morgan fingerprint density at radius 2 is 2.10 bits per heavy atom. The Kier molecular flexibility index (Phi) is 5.69. The molecule has 1 aromatic heterocycles. The third-order valence-electron chi connectivity index (χ3n) is 5.36. The first-order chi connectivity index (χ1) is 14.0. The van der Waals surface area contributed by atoms with Crippen molar-refractivity contribution in [2.24, 2.45) is 5.73 Å². The minimum Gasteiger partial charge on any atom is -0.384 e. The molecule has 1 aromatic carbocycles. The molecule has 0 fully saturated rings. The molecule has 0 saturated heterocycles. The number of hydrogen-bond acceptors (Lipinski definition) is 5. The van der Waals surface area contributed by atoms with Gasteiger partial charge in [-0.1, -0.05) is 28.9 Å². The molecule has 0 saturated carbocycles. The Labute approximate surface area is 191 Å². The highest BCUT2D eigenvalue weighted by atomic mass is 79.9. The lowest BCUT2D eigenvalue weighted by Gasteiger charge is -2.39. The van der Waals surface area contributed by atoms with E-state index in [0.717, 1.165) is 50.0 Å². The second-order valence-electron chi connectivity index (χ2n) is 7.07. The van der Waals surface area contributed by atoms with Crippen LogP contribution in [0.15, 0.2) is 61.9 Å². The molecule has 2 aliphatic rings. The molecule has 148 valence electrons. The van der Waals surface area contributed by atoms with Crippen LogP contribution in [-0.2, 0) is 11.2 Å². The molecule has 0 amide bonds. The molecule has 1 unspecified atom stereocenters. The molecule has 2 N–H and O–H groups in total. The molecule has 7 heteroatoms. The first-order valence-electron chi connectivity index (χ1n) is 9.46. The monoisotopic (exact) mass is 531 g/mol. The lowest BCUT2D eigenvalue weighted by molar-refractivity contribution is -0.116. The van der Waals surface area contributed by atoms with E-state index in [-0.39, 0.29) is 5.78 Å². The SMILES string of the molecule is CCc1sc(C2C(C#N)=C(N)N(c3cccc(Br)c3)C3=C2C(=O)CCC3)cc1Br. The molecule has 0 bridgehead atoms. The smallest absolute Gasteiger partial charge is 0.161 e. The Balaban J connectivity index is 1.96. The van der Waals surface area contributed by atoms with Crippen molar-refractivity contribution in [3.05, 3.63) is 71.7 Å². The predicted octanol–water partition coefficient (Wildman–Crippen LogP) is 6.14. The van der Waals surface area contributed by atoms with Crippen molar-refractivity contribution in [1.29, 1.82) is 5.26 Å². The summed E-state index contributed by atoms with van der Waals surface area (Å²) < 4.78 is 1.94. The van der Waals surface area contributed by atoms with Crippen LogP contribution in [0.4, 0.5) is 5.69 Å². The van der Waals surface area contributed by atoms with Crippen LogP contribution in [0, 0.1) is 11.3 Å². The van der Waals surface area contributed by atoms with E-state index in [0.29, 0.717) is 17.8 Å². The molecular weight excluding hydrogens is 514 g/mol. The number of nitriles is 1. The molecule has 1 atom stereocenters. The second-order valence-corrected chi connectivity index (χ2v) is 10.0. The van der Waals surface area contributed by atoms with Gasteiger partial charge in [0, 0.05) is 42.1 Å². The predicted molar refractivity (Wildman–Crippen MR) is 123 cm³/mol. The minimum absolute atomic E-state index is 0.110. The summed E-state index contributed by atoms with van der Waals surface area (Å²) in [5.74, 6) is 0.124. The summed E-state index contributed by atoms with van der Waals surface area (Å²) in [6.07, 6.45) is 2.95. The van der Waals surface area contributed by atoms with Gasteiger partial charge in [-0.15, -0.1) is 11.3 Å². The zero-order valence-corrected chi connectivity index (χ0v) is 19.8. The maximum Gasteiger partial charge on any atom is 0.161 e. The zero-order chi connectivity index (χ0) is 20.7. The average molecular weight is 533 g/mol. The lowest BCUT2D eigenvalue weighted by atomic mass is 9.78. The van der Waals surface area contributed by atoms with E-state index in [2.05, 4.69) is 44.9 Å². The van der Waals surface area contributed by atoms with E-state index in [1.807, 2.05) is 35.2 Å². The summed E-state index contributed by atoms with van der Waals surface area (Å²) in [5.41, 5.74) is 9.52. The van der Waals surface area contributed by atoms with Gasteiger partial charge >= 0.3 is 0 Å². The molecule has 2 aromatic rings. The van der Waals surface area contributed by atoms with Gasteiger partial charge in [-0.3, -0.25) is 9.69 Å². The molecule has 1 aliphatic carbocycles. The number of allylic oxidation sites excluding steroid dienone is 3. The minimum atomic E-state index is -0.396. The van der Waals surface area contributed by atoms with Crippen molar-refractivity contribution in [3.63, 3.8) is 0 Å². The van der Waals surface area contributed by atoms with Crippen LogP contribution in [-0.4, -0.2) is 5.78 Å². The van der Waals surface area contributed by atoms with E-state index in [1.54, 1.807) is 11.3 Å². The fourth-order valence-corrected chi connectivity index (χ4v) is 6.51. The molecule has 4 nitrogen and oxygen atoms in total. The lowest BCUT2D eigenvalue weighted by Crippen LogP contribution is -2.38. The summed E-state index contributed by atoms with van der Waals surface area (Å²) in [6, 6.07) is 12.2. The fraction of sp³-hybridized carbons (Fsp3) is 0.273. The molecule has 4 rings (SSSR count). The van der Waals surface area contributed by atoms with Gasteiger partial charge in [-0.2, -0.15) is 5.26 Å². The Hall–Kier alpha value is -1.88. The maximum atomic E-state index is 13.1. The topological polar surface area (TPSA) is 70.1 Å². The van der Waals surface area contributed by atoms with Gasteiger partial charge in [-0.25, -0.2) is 0 Å². The van der Waals surface area contributed by atoms with E-state index in [1.165, 1.54) is 4.88 Å². The van der Waals surface area contributed by atoms with Crippen molar-refractivity contribution in [2.75, 3.05) is 4.90 Å². The van der Waals surface area contributed by atoms with Crippen molar-refractivity contribution in [1.82, 2.24) is 0 Å². The van der Waals surface area contributed by atoms with Crippen LogP contribution in [0.2, 0.25) is 0 Å². The summed E-state index contributed by atoms with van der Waals surface area (Å²) in [6.45, 7) is 2.10. The number of ketones is 1. The van der Waals surface area contributed by atoms with Gasteiger partial charge < -0.3 is 5.73 Å². The van der Waals surface area contributed by atoms with E-state index < -0.39 is 5.92 Å². The van der Waals surface area contributed by atoms with Crippen LogP contribution in [0.3, 0.4) is 0 Å². The van der Waals surface area contributed by atoms with Gasteiger partial charge in [0.1, 0.15) is 5.82 Å². The number of nitrogens with zero attached hydrogens (tertiary/aromatic N) is 2. The standard InChI is InChI=1S/C22H19Br2N3OS/c1-2-18-15(24)10-19(29-18)20-14(11-25)22(26)27(13-6-3-5-12(23)9-13)16-7-4-8-17(28)21(16)20/h3,5-6,9-10,20H,2,4,7-8,26H2,1H3. The number of hydrogen-bond donors (Lipinski definition) is 1. The average Bonchev–Trinajstić information content (AvgIpc) is 3.07. The van der Waals surface area contributed by atoms with Gasteiger partial charge in [0.05, 0.1) is 17.6 Å². The van der Waals surface area contributed by atoms with Crippen LogP contribution in [0.5, 0.6) is 0 Å². The number of Topliss-reactive ketones (excluding diaryl/α,β-unsaturated/α-hetero) is 1. The maximum absolute atomic E-state index is 13.1. The first kappa shape index (κ1) is 20.4. The molecule has 1 aliphatic heterocycles. The van der Waals surface area contributed by atoms with Crippen LogP contribution in [0.25, 0.3) is 0 Å². The number of benzene rings is 1. The molecule has 0 radical (unpaired) electrons. The van der Waals surface area contributed by atoms with Crippen molar-refractivity contribution < 1.29 is 4.79 Å². The third-order valence-corrected chi connectivity index (χ3v) is 8.17. The number of carbonyl (C=O) groups excluding carboxylic acids is 1. The molecule has 29 heavy (non-hydrogen) atoms. The normalized spacial score (nSPS) is 19.4. The summed E-state index contributed by atoms with van der Waals surface area (Å²) >= 11 is 8.78. The van der Waals surface area contributed by atoms with Gasteiger partial charge in [0.25, 0.3) is 0 Å². The third kappa shape index (κ3) is 3.48. The van der Waals surface area contributed by atoms with E-state index in [4.69, 9.17) is 5.73 Å². The zero-order valence-electron chi connectivity index (χ0n) is 15.8. The highest BCUT2D eigenvalue weighted by Crippen LogP contribution is 2.48. The van der Waals surface area contributed by atoms with Gasteiger partial charge in [-0.05, 0) is 59.5 Å². The Bertz CT molecular complexity index is 1110. The summed E-state index contributed by atoms with van der Waals surface area (Å²) in [4.78, 5) is 17.2. The van der Waals surface area contributed by atoms with Crippen LogP contribution in [0.1, 0.15) is 41.9 Å². The van der Waals surface area contributed by atoms with Crippen molar-refractivity contribution in [2.45, 2.75) is 38.5 Å². The number of rotatable bonds is 3. The van der Waals surface area contributed by atoms with Crippen LogP contribution < -0.4 is 10.6 Å². The number of anilines is 1. The number of aryl methyl sites for hydroxylation is 1. The first-order valence-corrected chi connectivity index (χ1v) is 11.9. The largest absolute Gasteiger partial charge is 0.384 e. The quantitative estimate of drug-likeness (QED) is 0.515. The molecule has 0 spiro atoms. The fourth-order valence-electron chi connectivity index (χ4n) is 4.09. The van der Waals surface area contributed by atoms with Gasteiger partial charge in [0.15, 0.2) is 5.78 Å². The summed E-state index contributed by atoms with van der Waals surface area (Å²) in [5, 5.41) is 10.1. The van der Waals surface area contributed by atoms with Crippen molar-refractivity contribution >= 4 is 54.7 Å². The number of halogens is 2. The van der Waals surface area contributed by atoms with E-state index >= 15 is 0 Å². The number of nitrogens with two attached hydrogens (primary N) is 1. The molecular formula is C22H19Br2N3OS. The highest BCUT2D eigenvalue weighted by molar-refractivity contribution is 9.10. The Morgan fingerprint density at radius 3 is 2.76 bits per heavy atom. The number of carbonyl (C=O) groups is 1. The summed E-state index contributed by atoms with van der Waals surface area (Å²) in [7, 11) is 0. The second kappa shape index (κ2) is 8.10. The van der Waals surface area contributed by atoms with E-state index in [9.17, 15) is 10.1 Å². The van der Waals surface area contributed by atoms with Gasteiger partial charge in [0.2, 0.25) is 0 Å². The van der Waals surface area contributed by atoms with Crippen LogP contribution >= 0.6 is 43.2 Å². The number of thiophene rings is 1. The molecule has 2 heterocycles. The highest BCUT2D eigenvalue weighted by Gasteiger charge is 2.41. The van der Waals surface area contributed by atoms with Crippen molar-refractivity contribution in [3.8, 4) is 6.07 Å².